The predicted molar refractivity (Wildman–Crippen MR) is 96.8 cm³/mol. The van der Waals surface area contributed by atoms with Gasteiger partial charge in [-0.15, -0.1) is 0 Å². The Morgan fingerprint density at radius 3 is 2.85 bits per heavy atom. The number of aliphatic hydroxyl groups excluding tert-OH is 1. The summed E-state index contributed by atoms with van der Waals surface area (Å²) in [4.78, 5) is 24.8. The molecule has 5 nitrogen and oxygen atoms in total. The number of nitrogens with one attached hydrogen (secondary N) is 1. The number of carbonyl (C=O) groups is 2. The maximum Gasteiger partial charge on any atom is 0.251 e. The van der Waals surface area contributed by atoms with Gasteiger partial charge in [0.1, 0.15) is 24.3 Å². The lowest BCUT2D eigenvalue weighted by Crippen LogP contribution is -2.42. The number of aliphatic hydroxyl groups is 1. The minimum Gasteiger partial charge on any atom is -0.490 e. The fourth-order valence-corrected chi connectivity index (χ4v) is 3.74. The zero-order valence-corrected chi connectivity index (χ0v) is 15.1. The summed E-state index contributed by atoms with van der Waals surface area (Å²) in [6.07, 6.45) is 1.11. The van der Waals surface area contributed by atoms with E-state index >= 15 is 0 Å². The zero-order valence-electron chi connectivity index (χ0n) is 14.3. The van der Waals surface area contributed by atoms with Crippen molar-refractivity contribution in [3.05, 3.63) is 63.4 Å². The molecule has 140 valence electrons. The minimum atomic E-state index is -0.978. The van der Waals surface area contributed by atoms with E-state index in [0.29, 0.717) is 23.3 Å². The highest BCUT2D eigenvalue weighted by Gasteiger charge is 2.33. The molecule has 1 amide bonds. The topological polar surface area (TPSA) is 75.6 Å². The molecule has 1 heterocycles. The molecule has 2 aromatic carbocycles. The van der Waals surface area contributed by atoms with Crippen molar-refractivity contribution in [2.75, 3.05) is 6.61 Å². The summed E-state index contributed by atoms with van der Waals surface area (Å²) >= 11 is 5.74. The number of ketones is 1. The van der Waals surface area contributed by atoms with Gasteiger partial charge in [-0.3, -0.25) is 9.59 Å². The number of benzene rings is 2. The number of Topliss-reactive ketones (excluding diaryl/α,β-unsaturated/α-hetero) is 1. The van der Waals surface area contributed by atoms with Gasteiger partial charge in [0.05, 0.1) is 11.1 Å². The number of aryl methyl sites for hydroxylation is 1. The molecule has 27 heavy (non-hydrogen) atoms. The Labute approximate surface area is 160 Å². The number of rotatable bonds is 2. The molecule has 0 saturated carbocycles. The van der Waals surface area contributed by atoms with E-state index in [4.69, 9.17) is 16.3 Å². The Morgan fingerprint density at radius 2 is 2.07 bits per heavy atom. The average Bonchev–Trinajstić information content (AvgIpc) is 2.65. The van der Waals surface area contributed by atoms with Gasteiger partial charge in [0, 0.05) is 23.1 Å². The van der Waals surface area contributed by atoms with Gasteiger partial charge in [0.2, 0.25) is 0 Å². The van der Waals surface area contributed by atoms with Gasteiger partial charge < -0.3 is 15.2 Å². The highest BCUT2D eigenvalue weighted by Crippen LogP contribution is 2.37. The SMILES string of the molecule is O=C(N[C@H]1c2cc3c(cc2OC[C@@H]1O)CCCC3=O)c1ccc(F)c(Cl)c1. The van der Waals surface area contributed by atoms with Crippen LogP contribution in [0.15, 0.2) is 30.3 Å². The van der Waals surface area contributed by atoms with E-state index in [1.54, 1.807) is 6.07 Å². The van der Waals surface area contributed by atoms with E-state index in [0.717, 1.165) is 24.5 Å². The third kappa shape index (κ3) is 3.31. The fourth-order valence-electron chi connectivity index (χ4n) is 3.56. The molecule has 7 heteroatoms. The first-order valence-electron chi connectivity index (χ1n) is 8.71. The molecule has 0 saturated heterocycles. The van der Waals surface area contributed by atoms with Crippen LogP contribution in [0.25, 0.3) is 0 Å². The monoisotopic (exact) mass is 389 g/mol. The van der Waals surface area contributed by atoms with E-state index in [9.17, 15) is 19.1 Å². The maximum atomic E-state index is 13.3. The van der Waals surface area contributed by atoms with Crippen molar-refractivity contribution in [2.45, 2.75) is 31.4 Å². The third-order valence-corrected chi connectivity index (χ3v) is 5.27. The van der Waals surface area contributed by atoms with E-state index in [1.165, 1.54) is 12.1 Å². The van der Waals surface area contributed by atoms with Crippen LogP contribution in [0.3, 0.4) is 0 Å². The number of halogens is 2. The first-order chi connectivity index (χ1) is 12.9. The van der Waals surface area contributed by atoms with Gasteiger partial charge >= 0.3 is 0 Å². The third-order valence-electron chi connectivity index (χ3n) is 4.98. The molecular weight excluding hydrogens is 373 g/mol. The van der Waals surface area contributed by atoms with Gasteiger partial charge in [0.25, 0.3) is 5.91 Å². The van der Waals surface area contributed by atoms with Crippen molar-refractivity contribution >= 4 is 23.3 Å². The van der Waals surface area contributed by atoms with Crippen molar-refractivity contribution in [1.82, 2.24) is 5.32 Å². The summed E-state index contributed by atoms with van der Waals surface area (Å²) in [6, 6.07) is 6.44. The van der Waals surface area contributed by atoms with Gasteiger partial charge in [-0.2, -0.15) is 0 Å². The molecule has 0 bridgehead atoms. The number of ether oxygens (including phenoxy) is 1. The van der Waals surface area contributed by atoms with Crippen LogP contribution in [-0.4, -0.2) is 29.5 Å². The summed E-state index contributed by atoms with van der Waals surface area (Å²) in [5.41, 5.74) is 2.28. The molecule has 0 aromatic heterocycles. The molecule has 2 N–H and O–H groups in total. The number of hydrogen-bond acceptors (Lipinski definition) is 4. The van der Waals surface area contributed by atoms with E-state index in [2.05, 4.69) is 5.32 Å². The standard InChI is InChI=1S/C20H17ClFNO4/c21-14-6-11(4-5-15(14)22)20(26)23-19-13-8-12-10(2-1-3-16(12)24)7-18(13)27-9-17(19)25/h4-8,17,19,25H,1-3,9H2,(H,23,26)/t17-,19-/m0/s1. The summed E-state index contributed by atoms with van der Waals surface area (Å²) < 4.78 is 18.9. The Hall–Kier alpha value is -2.44. The predicted octanol–water partition coefficient (Wildman–Crippen LogP) is 3.22. The lowest BCUT2D eigenvalue weighted by atomic mass is 9.86. The highest BCUT2D eigenvalue weighted by molar-refractivity contribution is 6.31. The van der Waals surface area contributed by atoms with Crippen LogP contribution in [0.5, 0.6) is 5.75 Å². The Kier molecular flexibility index (Phi) is 4.61. The number of carbonyl (C=O) groups excluding carboxylic acids is 2. The summed E-state index contributed by atoms with van der Waals surface area (Å²) in [7, 11) is 0. The molecule has 0 radical (unpaired) electrons. The number of fused-ring (bicyclic) bond motifs is 2. The fraction of sp³-hybridized carbons (Fsp3) is 0.300. The Balaban J connectivity index is 1.67. The second-order valence-corrected chi connectivity index (χ2v) is 7.19. The molecule has 2 aliphatic rings. The molecule has 0 spiro atoms. The van der Waals surface area contributed by atoms with Gasteiger partial charge in [-0.1, -0.05) is 11.6 Å². The molecule has 0 unspecified atom stereocenters. The first kappa shape index (κ1) is 17.9. The van der Waals surface area contributed by atoms with Crippen molar-refractivity contribution in [2.24, 2.45) is 0 Å². The maximum absolute atomic E-state index is 13.3. The molecular formula is C20H17ClFNO4. The average molecular weight is 390 g/mol. The van der Waals surface area contributed by atoms with Crippen molar-refractivity contribution in [3.8, 4) is 5.75 Å². The molecule has 2 atom stereocenters. The second-order valence-electron chi connectivity index (χ2n) is 6.78. The van der Waals surface area contributed by atoms with Gasteiger partial charge in [0.15, 0.2) is 5.78 Å². The lowest BCUT2D eigenvalue weighted by Gasteiger charge is -2.32. The summed E-state index contributed by atoms with van der Waals surface area (Å²) in [6.45, 7) is 0.0227. The summed E-state index contributed by atoms with van der Waals surface area (Å²) in [5, 5.41) is 13.0. The highest BCUT2D eigenvalue weighted by atomic mass is 35.5. The van der Waals surface area contributed by atoms with Crippen LogP contribution in [0.2, 0.25) is 5.02 Å². The van der Waals surface area contributed by atoms with E-state index in [-0.39, 0.29) is 23.0 Å². The van der Waals surface area contributed by atoms with Crippen LogP contribution in [0.1, 0.15) is 50.7 Å². The molecule has 1 aliphatic carbocycles. The second kappa shape index (κ2) is 6.94. The van der Waals surface area contributed by atoms with Crippen molar-refractivity contribution in [3.63, 3.8) is 0 Å². The largest absolute Gasteiger partial charge is 0.490 e. The van der Waals surface area contributed by atoms with Gasteiger partial charge in [-0.05, 0) is 48.7 Å². The van der Waals surface area contributed by atoms with Crippen LogP contribution in [0.4, 0.5) is 4.39 Å². The summed E-state index contributed by atoms with van der Waals surface area (Å²) in [5.74, 6) is -0.515. The van der Waals surface area contributed by atoms with E-state index < -0.39 is 23.9 Å². The minimum absolute atomic E-state index is 0.0227. The number of amides is 1. The van der Waals surface area contributed by atoms with Crippen molar-refractivity contribution < 1.29 is 23.8 Å². The number of hydrogen-bond donors (Lipinski definition) is 2. The molecule has 2 aromatic rings. The first-order valence-corrected chi connectivity index (χ1v) is 9.08. The van der Waals surface area contributed by atoms with Crippen LogP contribution in [-0.2, 0) is 6.42 Å². The van der Waals surface area contributed by atoms with Crippen LogP contribution >= 0.6 is 11.6 Å². The van der Waals surface area contributed by atoms with E-state index in [1.807, 2.05) is 6.07 Å². The van der Waals surface area contributed by atoms with Crippen molar-refractivity contribution in [1.29, 1.82) is 0 Å². The molecule has 0 fully saturated rings. The Bertz CT molecular complexity index is 946. The Morgan fingerprint density at radius 1 is 1.26 bits per heavy atom. The smallest absolute Gasteiger partial charge is 0.251 e. The molecule has 1 aliphatic heterocycles. The van der Waals surface area contributed by atoms with Gasteiger partial charge in [-0.25, -0.2) is 4.39 Å². The zero-order chi connectivity index (χ0) is 19.1. The quantitative estimate of drug-likeness (QED) is 0.827. The van der Waals surface area contributed by atoms with Crippen LogP contribution < -0.4 is 10.1 Å². The lowest BCUT2D eigenvalue weighted by molar-refractivity contribution is 0.0500. The van der Waals surface area contributed by atoms with Crippen LogP contribution in [0, 0.1) is 5.82 Å². The molecule has 4 rings (SSSR count). The normalized spacial score (nSPS) is 21.1.